The molecular weight excluding hydrogens is 332 g/mol. The number of esters is 1. The van der Waals surface area contributed by atoms with Gasteiger partial charge in [-0.05, 0) is 56.2 Å². The van der Waals surface area contributed by atoms with Crippen molar-refractivity contribution in [3.8, 4) is 11.5 Å². The summed E-state index contributed by atoms with van der Waals surface area (Å²) >= 11 is 0. The molecule has 2 heterocycles. The van der Waals surface area contributed by atoms with Crippen molar-refractivity contribution in [2.45, 2.75) is 32.4 Å². The number of hydrogen-bond acceptors (Lipinski definition) is 6. The van der Waals surface area contributed by atoms with Crippen molar-refractivity contribution in [3.05, 3.63) is 66.0 Å². The fourth-order valence-corrected chi connectivity index (χ4v) is 2.74. The van der Waals surface area contributed by atoms with Gasteiger partial charge in [0.15, 0.2) is 12.4 Å². The van der Waals surface area contributed by atoms with Gasteiger partial charge >= 0.3 is 5.97 Å². The molecule has 132 valence electrons. The Bertz CT molecular complexity index is 902. The zero-order chi connectivity index (χ0) is 17.9. The van der Waals surface area contributed by atoms with Gasteiger partial charge in [0, 0.05) is 12.2 Å². The summed E-state index contributed by atoms with van der Waals surface area (Å²) in [5.74, 6) is 2.41. The van der Waals surface area contributed by atoms with Gasteiger partial charge in [0.2, 0.25) is 0 Å². The summed E-state index contributed by atoms with van der Waals surface area (Å²) in [5, 5.41) is 8.19. The smallest absolute Gasteiger partial charge is 0.338 e. The molecule has 1 fully saturated rings. The first-order chi connectivity index (χ1) is 12.7. The third kappa shape index (κ3) is 3.56. The number of nitrogens with zero attached hydrogens (tertiary/aromatic N) is 4. The second-order valence-electron chi connectivity index (χ2n) is 6.16. The maximum absolute atomic E-state index is 12.3. The molecule has 0 N–H and O–H groups in total. The van der Waals surface area contributed by atoms with Gasteiger partial charge in [-0.2, -0.15) is 0 Å². The maximum Gasteiger partial charge on any atom is 0.338 e. The molecule has 0 unspecified atom stereocenters. The normalized spacial score (nSPS) is 13.4. The van der Waals surface area contributed by atoms with Crippen molar-refractivity contribution in [1.29, 1.82) is 0 Å². The van der Waals surface area contributed by atoms with Crippen molar-refractivity contribution in [3.63, 3.8) is 0 Å². The van der Waals surface area contributed by atoms with Crippen molar-refractivity contribution in [2.75, 3.05) is 0 Å². The van der Waals surface area contributed by atoms with Crippen LogP contribution >= 0.6 is 0 Å². The molecule has 0 radical (unpaired) electrons. The third-order valence-electron chi connectivity index (χ3n) is 4.14. The first kappa shape index (κ1) is 16.3. The first-order valence-electron chi connectivity index (χ1n) is 8.46. The summed E-state index contributed by atoms with van der Waals surface area (Å²) in [7, 11) is 0. The Morgan fingerprint density at radius 2 is 1.96 bits per heavy atom. The molecule has 1 aromatic carbocycles. The number of pyridine rings is 1. The van der Waals surface area contributed by atoms with Gasteiger partial charge in [-0.3, -0.25) is 4.98 Å². The fourth-order valence-electron chi connectivity index (χ4n) is 2.74. The standard InChI is InChI=1S/C19H18N4O3/c1-13-21-22-18(23(13)15-6-7-15)12-25-19(24)14-4-8-16(9-5-14)26-17-3-2-10-20-11-17/h2-5,8-11,15H,6-7,12H2,1H3. The van der Waals surface area contributed by atoms with Crippen LogP contribution in [0.3, 0.4) is 0 Å². The van der Waals surface area contributed by atoms with Gasteiger partial charge in [-0.25, -0.2) is 4.79 Å². The van der Waals surface area contributed by atoms with Gasteiger partial charge < -0.3 is 14.0 Å². The van der Waals surface area contributed by atoms with Gasteiger partial charge in [0.25, 0.3) is 0 Å². The van der Waals surface area contributed by atoms with Crippen LogP contribution in [0, 0.1) is 6.92 Å². The Hall–Kier alpha value is -3.22. The van der Waals surface area contributed by atoms with Crippen LogP contribution in [0.15, 0.2) is 48.8 Å². The molecule has 0 bridgehead atoms. The largest absolute Gasteiger partial charge is 0.456 e. The molecule has 0 atom stereocenters. The van der Waals surface area contributed by atoms with E-state index < -0.39 is 5.97 Å². The predicted molar refractivity (Wildman–Crippen MR) is 92.9 cm³/mol. The number of aromatic nitrogens is 4. The van der Waals surface area contributed by atoms with Crippen LogP contribution < -0.4 is 4.74 Å². The lowest BCUT2D eigenvalue weighted by Gasteiger charge is -2.08. The average Bonchev–Trinajstić information content (AvgIpc) is 3.43. The van der Waals surface area contributed by atoms with Crippen LogP contribution in [-0.4, -0.2) is 25.7 Å². The highest BCUT2D eigenvalue weighted by molar-refractivity contribution is 5.89. The molecule has 7 heteroatoms. The zero-order valence-corrected chi connectivity index (χ0v) is 14.3. The van der Waals surface area contributed by atoms with E-state index in [-0.39, 0.29) is 6.61 Å². The fraction of sp³-hybridized carbons (Fsp3) is 0.263. The molecule has 0 saturated heterocycles. The topological polar surface area (TPSA) is 79.1 Å². The molecule has 0 spiro atoms. The lowest BCUT2D eigenvalue weighted by Crippen LogP contribution is -2.10. The van der Waals surface area contributed by atoms with Crippen molar-refractivity contribution in [1.82, 2.24) is 19.7 Å². The molecule has 7 nitrogen and oxygen atoms in total. The van der Waals surface area contributed by atoms with E-state index in [1.807, 2.05) is 13.0 Å². The SMILES string of the molecule is Cc1nnc(COC(=O)c2ccc(Oc3cccnc3)cc2)n1C1CC1. The van der Waals surface area contributed by atoms with Gasteiger partial charge in [-0.15, -0.1) is 10.2 Å². The van der Waals surface area contributed by atoms with Crippen LogP contribution in [0.2, 0.25) is 0 Å². The minimum Gasteiger partial charge on any atom is -0.456 e. The molecule has 4 rings (SSSR count). The van der Waals surface area contributed by atoms with Crippen molar-refractivity contribution < 1.29 is 14.3 Å². The zero-order valence-electron chi connectivity index (χ0n) is 14.3. The van der Waals surface area contributed by atoms with Gasteiger partial charge in [0.05, 0.1) is 11.8 Å². The van der Waals surface area contributed by atoms with Crippen molar-refractivity contribution in [2.24, 2.45) is 0 Å². The van der Waals surface area contributed by atoms with Crippen molar-refractivity contribution >= 4 is 5.97 Å². The third-order valence-corrected chi connectivity index (χ3v) is 4.14. The van der Waals surface area contributed by atoms with E-state index in [2.05, 4.69) is 19.7 Å². The predicted octanol–water partition coefficient (Wildman–Crippen LogP) is 3.47. The van der Waals surface area contributed by atoms with Crippen LogP contribution in [0.5, 0.6) is 11.5 Å². The molecule has 0 amide bonds. The van der Waals surface area contributed by atoms with E-state index >= 15 is 0 Å². The number of ether oxygens (including phenoxy) is 2. The minimum absolute atomic E-state index is 0.115. The highest BCUT2D eigenvalue weighted by Crippen LogP contribution is 2.36. The second kappa shape index (κ2) is 6.95. The molecule has 26 heavy (non-hydrogen) atoms. The molecule has 1 aliphatic carbocycles. The van der Waals surface area contributed by atoms with E-state index in [4.69, 9.17) is 9.47 Å². The van der Waals surface area contributed by atoms with Crippen LogP contribution in [0.1, 0.15) is 40.9 Å². The number of carbonyl (C=O) groups is 1. The Morgan fingerprint density at radius 1 is 1.15 bits per heavy atom. The van der Waals surface area contributed by atoms with Crippen LogP contribution in [0.25, 0.3) is 0 Å². The number of hydrogen-bond donors (Lipinski definition) is 0. The van der Waals surface area contributed by atoms with E-state index in [9.17, 15) is 4.79 Å². The summed E-state index contributed by atoms with van der Waals surface area (Å²) in [4.78, 5) is 16.3. The van der Waals surface area contributed by atoms with E-state index in [0.29, 0.717) is 28.9 Å². The number of aryl methyl sites for hydroxylation is 1. The van der Waals surface area contributed by atoms with Crippen LogP contribution in [0.4, 0.5) is 0 Å². The Labute approximate surface area is 150 Å². The summed E-state index contributed by atoms with van der Waals surface area (Å²) in [6.07, 6.45) is 5.55. The molecule has 2 aromatic heterocycles. The lowest BCUT2D eigenvalue weighted by molar-refractivity contribution is 0.0457. The molecule has 1 aliphatic rings. The van der Waals surface area contributed by atoms with Gasteiger partial charge in [0.1, 0.15) is 17.3 Å². The highest BCUT2D eigenvalue weighted by atomic mass is 16.5. The van der Waals surface area contributed by atoms with Crippen LogP contribution in [-0.2, 0) is 11.3 Å². The Balaban J connectivity index is 1.38. The summed E-state index contributed by atoms with van der Waals surface area (Å²) in [5.41, 5.74) is 0.456. The molecule has 0 aliphatic heterocycles. The Morgan fingerprint density at radius 3 is 2.65 bits per heavy atom. The average molecular weight is 350 g/mol. The summed E-state index contributed by atoms with van der Waals surface area (Å²) in [6, 6.07) is 10.8. The van der Waals surface area contributed by atoms with Gasteiger partial charge in [-0.1, -0.05) is 0 Å². The van der Waals surface area contributed by atoms with E-state index in [0.717, 1.165) is 18.7 Å². The molecule has 3 aromatic rings. The first-order valence-corrected chi connectivity index (χ1v) is 8.46. The Kier molecular flexibility index (Phi) is 4.35. The number of benzene rings is 1. The number of carbonyl (C=O) groups excluding carboxylic acids is 1. The minimum atomic E-state index is -0.402. The van der Waals surface area contributed by atoms with E-state index in [1.54, 1.807) is 42.7 Å². The summed E-state index contributed by atoms with van der Waals surface area (Å²) in [6.45, 7) is 2.03. The number of rotatable bonds is 6. The molecular formula is C19H18N4O3. The summed E-state index contributed by atoms with van der Waals surface area (Å²) < 4.78 is 13.1. The maximum atomic E-state index is 12.3. The second-order valence-corrected chi connectivity index (χ2v) is 6.16. The van der Waals surface area contributed by atoms with E-state index in [1.165, 1.54) is 0 Å². The monoisotopic (exact) mass is 350 g/mol. The quantitative estimate of drug-likeness (QED) is 0.634. The highest BCUT2D eigenvalue weighted by Gasteiger charge is 2.28. The lowest BCUT2D eigenvalue weighted by atomic mass is 10.2. The molecule has 1 saturated carbocycles.